The highest BCUT2D eigenvalue weighted by Gasteiger charge is 2.38. The zero-order chi connectivity index (χ0) is 16.5. The number of rotatable bonds is 4. The van der Waals surface area contributed by atoms with E-state index in [1.165, 1.54) is 18.0 Å². The molecule has 8 nitrogen and oxygen atoms in total. The van der Waals surface area contributed by atoms with E-state index in [9.17, 15) is 22.9 Å². The number of nitro benzene ring substituents is 1. The van der Waals surface area contributed by atoms with Crippen LogP contribution in [-0.2, 0) is 10.0 Å². The topological polar surface area (TPSA) is 119 Å². The number of sulfonamides is 1. The SMILES string of the molecule is CN(c1ccc(S(N)(=O)=O)cc1[N+](=O)[O-])C1(F)CCNCC1. The van der Waals surface area contributed by atoms with Crippen LogP contribution >= 0.6 is 0 Å². The van der Waals surface area contributed by atoms with E-state index in [4.69, 9.17) is 5.14 Å². The standard InChI is InChI=1S/C12H17FN4O4S/c1-16(12(13)4-6-15-7-5-12)10-3-2-9(22(14,20)21)8-11(10)17(18)19/h2-3,8,15H,4-7H2,1H3,(H2,14,20,21). The lowest BCUT2D eigenvalue weighted by Crippen LogP contribution is -2.50. The normalized spacial score (nSPS) is 18.0. The van der Waals surface area contributed by atoms with Crippen molar-refractivity contribution in [1.82, 2.24) is 5.32 Å². The molecular weight excluding hydrogens is 315 g/mol. The highest BCUT2D eigenvalue weighted by molar-refractivity contribution is 7.89. The Balaban J connectivity index is 2.48. The first kappa shape index (κ1) is 16.6. The van der Waals surface area contributed by atoms with Gasteiger partial charge in [0.15, 0.2) is 5.79 Å². The molecule has 1 saturated heterocycles. The minimum absolute atomic E-state index is 0.0156. The number of hydrogen-bond donors (Lipinski definition) is 2. The predicted molar refractivity (Wildman–Crippen MR) is 78.8 cm³/mol. The molecule has 0 spiro atoms. The molecule has 0 aliphatic carbocycles. The van der Waals surface area contributed by atoms with Gasteiger partial charge in [-0.15, -0.1) is 0 Å². The van der Waals surface area contributed by atoms with Crippen molar-refractivity contribution in [2.45, 2.75) is 23.5 Å². The molecule has 0 amide bonds. The molecule has 1 fully saturated rings. The minimum atomic E-state index is -4.07. The van der Waals surface area contributed by atoms with E-state index >= 15 is 0 Å². The summed E-state index contributed by atoms with van der Waals surface area (Å²) in [4.78, 5) is 11.3. The zero-order valence-electron chi connectivity index (χ0n) is 12.0. The summed E-state index contributed by atoms with van der Waals surface area (Å²) < 4.78 is 37.6. The average molecular weight is 332 g/mol. The highest BCUT2D eigenvalue weighted by atomic mass is 32.2. The van der Waals surface area contributed by atoms with Crippen molar-refractivity contribution in [2.24, 2.45) is 5.14 Å². The Morgan fingerprint density at radius 1 is 1.41 bits per heavy atom. The minimum Gasteiger partial charge on any atom is -0.337 e. The van der Waals surface area contributed by atoms with Gasteiger partial charge < -0.3 is 10.2 Å². The Morgan fingerprint density at radius 3 is 2.50 bits per heavy atom. The van der Waals surface area contributed by atoms with Crippen LogP contribution in [0.1, 0.15) is 12.8 Å². The number of alkyl halides is 1. The third-order valence-electron chi connectivity index (χ3n) is 3.80. The lowest BCUT2D eigenvalue weighted by atomic mass is 10.0. The molecule has 1 aromatic rings. The van der Waals surface area contributed by atoms with E-state index < -0.39 is 26.4 Å². The summed E-state index contributed by atoms with van der Waals surface area (Å²) in [5.41, 5.74) is -0.480. The number of anilines is 1. The fraction of sp³-hybridized carbons (Fsp3) is 0.500. The number of nitrogens with one attached hydrogen (secondary N) is 1. The molecule has 1 aliphatic rings. The molecule has 0 atom stereocenters. The maximum absolute atomic E-state index is 15.0. The summed E-state index contributed by atoms with van der Waals surface area (Å²) in [5.74, 6) is -1.72. The number of nitrogens with two attached hydrogens (primary N) is 1. The Bertz CT molecular complexity index is 688. The van der Waals surface area contributed by atoms with Gasteiger partial charge in [0.2, 0.25) is 10.0 Å². The van der Waals surface area contributed by atoms with Crippen LogP contribution in [0.4, 0.5) is 15.8 Å². The van der Waals surface area contributed by atoms with E-state index in [0.29, 0.717) is 13.1 Å². The maximum Gasteiger partial charge on any atom is 0.293 e. The molecule has 0 radical (unpaired) electrons. The van der Waals surface area contributed by atoms with Crippen LogP contribution in [-0.4, -0.2) is 39.3 Å². The van der Waals surface area contributed by atoms with Crippen LogP contribution in [0.25, 0.3) is 0 Å². The van der Waals surface area contributed by atoms with Crippen molar-refractivity contribution in [3.05, 3.63) is 28.3 Å². The van der Waals surface area contributed by atoms with Crippen LogP contribution < -0.4 is 15.4 Å². The molecule has 0 saturated carbocycles. The van der Waals surface area contributed by atoms with Crippen molar-refractivity contribution in [1.29, 1.82) is 0 Å². The van der Waals surface area contributed by atoms with Gasteiger partial charge in [-0.05, 0) is 12.1 Å². The van der Waals surface area contributed by atoms with Gasteiger partial charge in [0.1, 0.15) is 5.69 Å². The van der Waals surface area contributed by atoms with Crippen LogP contribution in [0.3, 0.4) is 0 Å². The predicted octanol–water partition coefficient (Wildman–Crippen LogP) is 0.728. The monoisotopic (exact) mass is 332 g/mol. The van der Waals surface area contributed by atoms with E-state index in [0.717, 1.165) is 12.1 Å². The first-order chi connectivity index (χ1) is 10.1. The van der Waals surface area contributed by atoms with Crippen molar-refractivity contribution in [3.8, 4) is 0 Å². The Morgan fingerprint density at radius 2 is 2.00 bits per heavy atom. The zero-order valence-corrected chi connectivity index (χ0v) is 12.8. The molecule has 0 bridgehead atoms. The summed E-state index contributed by atoms with van der Waals surface area (Å²) in [6.45, 7) is 0.924. The van der Waals surface area contributed by atoms with E-state index in [1.807, 2.05) is 0 Å². The number of benzene rings is 1. The molecule has 0 unspecified atom stereocenters. The quantitative estimate of drug-likeness (QED) is 0.476. The molecule has 10 heteroatoms. The maximum atomic E-state index is 15.0. The number of nitrogens with zero attached hydrogens (tertiary/aromatic N) is 2. The second-order valence-electron chi connectivity index (χ2n) is 5.18. The second-order valence-corrected chi connectivity index (χ2v) is 6.74. The second kappa shape index (κ2) is 5.78. The summed E-state index contributed by atoms with van der Waals surface area (Å²) in [7, 11) is -2.65. The number of piperidine rings is 1. The van der Waals surface area contributed by atoms with E-state index in [-0.39, 0.29) is 23.4 Å². The average Bonchev–Trinajstić information content (AvgIpc) is 2.45. The van der Waals surface area contributed by atoms with E-state index in [1.54, 1.807) is 0 Å². The number of primary sulfonamides is 1. The van der Waals surface area contributed by atoms with Crippen molar-refractivity contribution < 1.29 is 17.7 Å². The third-order valence-corrected chi connectivity index (χ3v) is 4.72. The third kappa shape index (κ3) is 3.18. The summed E-state index contributed by atoms with van der Waals surface area (Å²) in [5, 5.41) is 19.2. The number of nitro groups is 1. The van der Waals surface area contributed by atoms with Crippen LogP contribution in [0.5, 0.6) is 0 Å². The first-order valence-corrected chi connectivity index (χ1v) is 8.14. The smallest absolute Gasteiger partial charge is 0.293 e. The van der Waals surface area contributed by atoms with Gasteiger partial charge in [0, 0.05) is 39.0 Å². The lowest BCUT2D eigenvalue weighted by Gasteiger charge is -2.39. The summed E-state index contributed by atoms with van der Waals surface area (Å²) in [6, 6.07) is 3.20. The summed E-state index contributed by atoms with van der Waals surface area (Å²) in [6.07, 6.45) is 0.356. The van der Waals surface area contributed by atoms with Crippen molar-refractivity contribution in [3.63, 3.8) is 0 Å². The molecule has 1 heterocycles. The fourth-order valence-corrected chi connectivity index (χ4v) is 3.00. The van der Waals surface area contributed by atoms with Gasteiger partial charge in [-0.2, -0.15) is 0 Å². The molecule has 2 rings (SSSR count). The van der Waals surface area contributed by atoms with E-state index in [2.05, 4.69) is 5.32 Å². The molecule has 1 aromatic carbocycles. The molecule has 0 aromatic heterocycles. The first-order valence-electron chi connectivity index (χ1n) is 6.60. The highest BCUT2D eigenvalue weighted by Crippen LogP contribution is 2.37. The Labute approximate surface area is 127 Å². The number of halogens is 1. The summed E-state index contributed by atoms with van der Waals surface area (Å²) >= 11 is 0. The molecule has 22 heavy (non-hydrogen) atoms. The van der Waals surface area contributed by atoms with Gasteiger partial charge in [0.05, 0.1) is 9.82 Å². The number of hydrogen-bond acceptors (Lipinski definition) is 6. The van der Waals surface area contributed by atoms with Crippen LogP contribution in [0.15, 0.2) is 23.1 Å². The van der Waals surface area contributed by atoms with Gasteiger partial charge in [-0.1, -0.05) is 0 Å². The van der Waals surface area contributed by atoms with Gasteiger partial charge in [0.25, 0.3) is 5.69 Å². The van der Waals surface area contributed by atoms with Gasteiger partial charge >= 0.3 is 0 Å². The van der Waals surface area contributed by atoms with Crippen LogP contribution in [0, 0.1) is 10.1 Å². The molecule has 122 valence electrons. The molecular formula is C12H17FN4O4S. The van der Waals surface area contributed by atoms with Gasteiger partial charge in [-0.25, -0.2) is 17.9 Å². The van der Waals surface area contributed by atoms with Crippen molar-refractivity contribution >= 4 is 21.4 Å². The Hall–Kier alpha value is -1.78. The lowest BCUT2D eigenvalue weighted by molar-refractivity contribution is -0.384. The molecule has 3 N–H and O–H groups in total. The van der Waals surface area contributed by atoms with Crippen molar-refractivity contribution in [2.75, 3.05) is 25.0 Å². The largest absolute Gasteiger partial charge is 0.337 e. The Kier molecular flexibility index (Phi) is 4.36. The van der Waals surface area contributed by atoms with Gasteiger partial charge in [-0.3, -0.25) is 10.1 Å². The van der Waals surface area contributed by atoms with Crippen LogP contribution in [0.2, 0.25) is 0 Å². The fourth-order valence-electron chi connectivity index (χ4n) is 2.47. The molecule has 1 aliphatic heterocycles.